The highest BCUT2D eigenvalue weighted by molar-refractivity contribution is 7.07. The smallest absolute Gasteiger partial charge is 0.110 e. The van der Waals surface area contributed by atoms with Gasteiger partial charge in [-0.25, -0.2) is 0 Å². The van der Waals surface area contributed by atoms with Gasteiger partial charge in [-0.3, -0.25) is 0 Å². The second kappa shape index (κ2) is 4.57. The summed E-state index contributed by atoms with van der Waals surface area (Å²) in [7, 11) is 0. The Bertz CT molecular complexity index is 397. The zero-order chi connectivity index (χ0) is 10.7. The standard InChI is InChI=1S/C12H12O2S/c13-11(9-4-2-1-3-5-9)12(14)10-6-7-15-8-10/h1-8,11-14H. The Morgan fingerprint density at radius 3 is 2.13 bits per heavy atom. The van der Waals surface area contributed by atoms with Crippen LogP contribution in [0.25, 0.3) is 0 Å². The fourth-order valence-electron chi connectivity index (χ4n) is 1.46. The molecule has 2 unspecified atom stereocenters. The summed E-state index contributed by atoms with van der Waals surface area (Å²) in [5.41, 5.74) is 1.49. The number of aliphatic hydroxyl groups excluding tert-OH is 2. The Morgan fingerprint density at radius 1 is 0.867 bits per heavy atom. The van der Waals surface area contributed by atoms with E-state index in [-0.39, 0.29) is 0 Å². The van der Waals surface area contributed by atoms with Crippen molar-refractivity contribution in [1.29, 1.82) is 0 Å². The first-order valence-corrected chi connectivity index (χ1v) is 5.66. The van der Waals surface area contributed by atoms with E-state index in [4.69, 9.17) is 0 Å². The van der Waals surface area contributed by atoms with E-state index >= 15 is 0 Å². The highest BCUT2D eigenvalue weighted by Gasteiger charge is 2.19. The maximum Gasteiger partial charge on any atom is 0.110 e. The Morgan fingerprint density at radius 2 is 1.53 bits per heavy atom. The molecule has 1 aromatic carbocycles. The molecule has 2 atom stereocenters. The summed E-state index contributed by atoms with van der Waals surface area (Å²) < 4.78 is 0. The largest absolute Gasteiger partial charge is 0.385 e. The lowest BCUT2D eigenvalue weighted by Gasteiger charge is -2.16. The van der Waals surface area contributed by atoms with Crippen LogP contribution in [0.5, 0.6) is 0 Å². The molecule has 1 aromatic heterocycles. The molecule has 0 spiro atoms. The molecule has 1 heterocycles. The van der Waals surface area contributed by atoms with Crippen molar-refractivity contribution >= 4 is 11.3 Å². The fourth-order valence-corrected chi connectivity index (χ4v) is 2.15. The van der Waals surface area contributed by atoms with Gasteiger partial charge in [0.15, 0.2) is 0 Å². The fraction of sp³-hybridized carbons (Fsp3) is 0.167. The third-order valence-corrected chi connectivity index (χ3v) is 3.03. The van der Waals surface area contributed by atoms with E-state index in [0.29, 0.717) is 0 Å². The highest BCUT2D eigenvalue weighted by Crippen LogP contribution is 2.29. The van der Waals surface area contributed by atoms with Gasteiger partial charge < -0.3 is 10.2 Å². The van der Waals surface area contributed by atoms with Gasteiger partial charge in [-0.2, -0.15) is 11.3 Å². The third-order valence-electron chi connectivity index (χ3n) is 2.32. The van der Waals surface area contributed by atoms with Crippen LogP contribution < -0.4 is 0 Å². The monoisotopic (exact) mass is 220 g/mol. The summed E-state index contributed by atoms with van der Waals surface area (Å²) in [5.74, 6) is 0. The minimum atomic E-state index is -0.860. The van der Waals surface area contributed by atoms with Crippen LogP contribution in [-0.4, -0.2) is 10.2 Å². The van der Waals surface area contributed by atoms with Crippen LogP contribution in [-0.2, 0) is 0 Å². The number of hydrogen-bond donors (Lipinski definition) is 2. The molecule has 0 amide bonds. The van der Waals surface area contributed by atoms with Crippen molar-refractivity contribution in [2.75, 3.05) is 0 Å². The second-order valence-corrected chi connectivity index (χ2v) is 4.14. The highest BCUT2D eigenvalue weighted by atomic mass is 32.1. The molecule has 15 heavy (non-hydrogen) atoms. The topological polar surface area (TPSA) is 40.5 Å². The van der Waals surface area contributed by atoms with E-state index in [1.165, 1.54) is 11.3 Å². The molecule has 2 N–H and O–H groups in total. The number of aliphatic hydroxyl groups is 2. The molecule has 0 aliphatic rings. The average molecular weight is 220 g/mol. The molecule has 3 heteroatoms. The van der Waals surface area contributed by atoms with Crippen molar-refractivity contribution in [2.24, 2.45) is 0 Å². The Hall–Kier alpha value is -1.16. The number of hydrogen-bond acceptors (Lipinski definition) is 3. The van der Waals surface area contributed by atoms with Gasteiger partial charge in [-0.1, -0.05) is 30.3 Å². The second-order valence-electron chi connectivity index (χ2n) is 3.36. The molecule has 2 aromatic rings. The van der Waals surface area contributed by atoms with Gasteiger partial charge in [-0.15, -0.1) is 0 Å². The van der Waals surface area contributed by atoms with E-state index in [1.807, 2.05) is 35.0 Å². The zero-order valence-corrected chi connectivity index (χ0v) is 8.89. The van der Waals surface area contributed by atoms with E-state index in [2.05, 4.69) is 0 Å². The minimum absolute atomic E-state index is 0.733. The van der Waals surface area contributed by atoms with Gasteiger partial charge in [0.25, 0.3) is 0 Å². The number of thiophene rings is 1. The van der Waals surface area contributed by atoms with Crippen LogP contribution in [0.1, 0.15) is 23.3 Å². The maximum atomic E-state index is 9.92. The van der Waals surface area contributed by atoms with Crippen molar-refractivity contribution in [2.45, 2.75) is 12.2 Å². The summed E-state index contributed by atoms with van der Waals surface area (Å²) in [5, 5.41) is 23.5. The van der Waals surface area contributed by atoms with Gasteiger partial charge >= 0.3 is 0 Å². The molecule has 0 saturated carbocycles. The van der Waals surface area contributed by atoms with E-state index in [1.54, 1.807) is 12.1 Å². The van der Waals surface area contributed by atoms with E-state index < -0.39 is 12.2 Å². The van der Waals surface area contributed by atoms with Crippen LogP contribution in [0.3, 0.4) is 0 Å². The SMILES string of the molecule is OC(c1ccccc1)C(O)c1ccsc1. The molecule has 78 valence electrons. The molecule has 2 rings (SSSR count). The Kier molecular flexibility index (Phi) is 3.16. The van der Waals surface area contributed by atoms with Gasteiger partial charge in [0.1, 0.15) is 12.2 Å². The van der Waals surface area contributed by atoms with Gasteiger partial charge in [0, 0.05) is 0 Å². The van der Waals surface area contributed by atoms with Crippen molar-refractivity contribution in [3.63, 3.8) is 0 Å². The zero-order valence-electron chi connectivity index (χ0n) is 8.08. The molecule has 2 nitrogen and oxygen atoms in total. The lowest BCUT2D eigenvalue weighted by atomic mass is 10.0. The van der Waals surface area contributed by atoms with Crippen LogP contribution in [0.15, 0.2) is 47.2 Å². The molecular weight excluding hydrogens is 208 g/mol. The molecule has 0 aliphatic heterocycles. The van der Waals surface area contributed by atoms with Crippen molar-refractivity contribution < 1.29 is 10.2 Å². The predicted octanol–water partition coefficient (Wildman–Crippen LogP) is 2.52. The number of rotatable bonds is 3. The van der Waals surface area contributed by atoms with Crippen LogP contribution in [0, 0.1) is 0 Å². The first-order valence-electron chi connectivity index (χ1n) is 4.72. The summed E-state index contributed by atoms with van der Waals surface area (Å²) in [6.07, 6.45) is -1.71. The summed E-state index contributed by atoms with van der Waals surface area (Å²) in [6.45, 7) is 0. The van der Waals surface area contributed by atoms with Crippen LogP contribution in [0.2, 0.25) is 0 Å². The van der Waals surface area contributed by atoms with E-state index in [0.717, 1.165) is 11.1 Å². The Labute approximate surface area is 92.4 Å². The molecule has 0 bridgehead atoms. The molecule has 0 radical (unpaired) electrons. The van der Waals surface area contributed by atoms with Crippen LogP contribution >= 0.6 is 11.3 Å². The van der Waals surface area contributed by atoms with Gasteiger partial charge in [-0.05, 0) is 28.0 Å². The summed E-state index contributed by atoms with van der Waals surface area (Å²) >= 11 is 1.51. The predicted molar refractivity (Wildman–Crippen MR) is 60.7 cm³/mol. The van der Waals surface area contributed by atoms with Gasteiger partial charge in [0.05, 0.1) is 0 Å². The molecule has 0 fully saturated rings. The van der Waals surface area contributed by atoms with Crippen molar-refractivity contribution in [1.82, 2.24) is 0 Å². The Balaban J connectivity index is 2.18. The lowest BCUT2D eigenvalue weighted by Crippen LogP contribution is -2.09. The quantitative estimate of drug-likeness (QED) is 0.834. The molecule has 0 aliphatic carbocycles. The summed E-state index contributed by atoms with van der Waals surface area (Å²) in [6, 6.07) is 11.0. The first kappa shape index (κ1) is 10.4. The van der Waals surface area contributed by atoms with Crippen molar-refractivity contribution in [3.05, 3.63) is 58.3 Å². The number of benzene rings is 1. The summed E-state index contributed by atoms with van der Waals surface area (Å²) in [4.78, 5) is 0. The van der Waals surface area contributed by atoms with Crippen molar-refractivity contribution in [3.8, 4) is 0 Å². The van der Waals surface area contributed by atoms with Crippen LogP contribution in [0.4, 0.5) is 0 Å². The minimum Gasteiger partial charge on any atom is -0.385 e. The maximum absolute atomic E-state index is 9.92. The normalized spacial score (nSPS) is 14.8. The average Bonchev–Trinajstić information content (AvgIpc) is 2.82. The molecular formula is C12H12O2S. The first-order chi connectivity index (χ1) is 7.29. The lowest BCUT2D eigenvalue weighted by molar-refractivity contribution is 0.0175. The van der Waals surface area contributed by atoms with E-state index in [9.17, 15) is 10.2 Å². The molecule has 0 saturated heterocycles. The third kappa shape index (κ3) is 2.26. The van der Waals surface area contributed by atoms with Gasteiger partial charge in [0.2, 0.25) is 0 Å².